The van der Waals surface area contributed by atoms with Gasteiger partial charge in [-0.15, -0.1) is 0 Å². The van der Waals surface area contributed by atoms with Crippen LogP contribution in [0.1, 0.15) is 36.5 Å². The van der Waals surface area contributed by atoms with E-state index in [9.17, 15) is 9.18 Å². The molecule has 22 heavy (non-hydrogen) atoms. The van der Waals surface area contributed by atoms with Crippen LogP contribution in [0.4, 0.5) is 4.39 Å². The molecule has 0 aliphatic carbocycles. The maximum Gasteiger partial charge on any atom is 0.253 e. The molecule has 1 atom stereocenters. The highest BCUT2D eigenvalue weighted by Crippen LogP contribution is 2.23. The molecular weight excluding hydrogens is 281 g/mol. The molecule has 4 N–H and O–H groups in total. The number of benzene rings is 1. The van der Waals surface area contributed by atoms with Gasteiger partial charge in [-0.3, -0.25) is 4.79 Å². The van der Waals surface area contributed by atoms with Gasteiger partial charge < -0.3 is 16.0 Å². The number of halogens is 1. The molecule has 1 aromatic heterocycles. The lowest BCUT2D eigenvalue weighted by atomic mass is 10.0. The van der Waals surface area contributed by atoms with Crippen LogP contribution in [0.5, 0.6) is 0 Å². The standard InChI is InChI=1S/C17H22FN3O/c1-2-3-4-14(9-19)21-17(22)16-11-20-10-15(16)12-5-7-13(18)8-6-12/h5-8,10-11,14,20H,2-4,9,19H2,1H3,(H,21,22). The summed E-state index contributed by atoms with van der Waals surface area (Å²) in [7, 11) is 0. The van der Waals surface area contributed by atoms with E-state index >= 15 is 0 Å². The minimum Gasteiger partial charge on any atom is -0.366 e. The number of hydrogen-bond donors (Lipinski definition) is 3. The molecule has 118 valence electrons. The molecule has 4 nitrogen and oxygen atoms in total. The van der Waals surface area contributed by atoms with E-state index < -0.39 is 0 Å². The molecule has 2 rings (SSSR count). The number of H-pyrrole nitrogens is 1. The Balaban J connectivity index is 2.14. The molecular formula is C17H22FN3O. The number of rotatable bonds is 7. The number of carbonyl (C=O) groups is 1. The first-order valence-electron chi connectivity index (χ1n) is 7.59. The van der Waals surface area contributed by atoms with E-state index in [2.05, 4.69) is 17.2 Å². The van der Waals surface area contributed by atoms with Crippen LogP contribution in [0.2, 0.25) is 0 Å². The van der Waals surface area contributed by atoms with Crippen molar-refractivity contribution in [2.45, 2.75) is 32.2 Å². The van der Waals surface area contributed by atoms with Crippen molar-refractivity contribution in [3.05, 3.63) is 48.0 Å². The maximum absolute atomic E-state index is 13.0. The van der Waals surface area contributed by atoms with Crippen LogP contribution in [-0.2, 0) is 0 Å². The SMILES string of the molecule is CCCCC(CN)NC(=O)c1c[nH]cc1-c1ccc(F)cc1. The fourth-order valence-corrected chi connectivity index (χ4v) is 2.38. The van der Waals surface area contributed by atoms with E-state index in [0.29, 0.717) is 12.1 Å². The summed E-state index contributed by atoms with van der Waals surface area (Å²) >= 11 is 0. The van der Waals surface area contributed by atoms with Gasteiger partial charge in [0.1, 0.15) is 5.82 Å². The fraction of sp³-hybridized carbons (Fsp3) is 0.353. The smallest absolute Gasteiger partial charge is 0.253 e. The van der Waals surface area contributed by atoms with Crippen molar-refractivity contribution < 1.29 is 9.18 Å². The minimum atomic E-state index is -0.298. The highest BCUT2D eigenvalue weighted by molar-refractivity contribution is 6.00. The Bertz CT molecular complexity index is 607. The lowest BCUT2D eigenvalue weighted by Crippen LogP contribution is -2.40. The van der Waals surface area contributed by atoms with Crippen molar-refractivity contribution in [2.24, 2.45) is 5.73 Å². The van der Waals surface area contributed by atoms with E-state index in [1.54, 1.807) is 24.5 Å². The second kappa shape index (κ2) is 7.75. The second-order valence-corrected chi connectivity index (χ2v) is 5.34. The number of aromatic amines is 1. The van der Waals surface area contributed by atoms with Gasteiger partial charge in [0.25, 0.3) is 5.91 Å². The van der Waals surface area contributed by atoms with Crippen LogP contribution in [-0.4, -0.2) is 23.5 Å². The molecule has 0 saturated carbocycles. The zero-order valence-corrected chi connectivity index (χ0v) is 12.7. The Hall–Kier alpha value is -2.14. The van der Waals surface area contributed by atoms with Gasteiger partial charge in [0, 0.05) is 30.5 Å². The Morgan fingerprint density at radius 1 is 1.32 bits per heavy atom. The molecule has 1 amide bonds. The van der Waals surface area contributed by atoms with Crippen molar-refractivity contribution >= 4 is 5.91 Å². The number of carbonyl (C=O) groups excluding carboxylic acids is 1. The summed E-state index contributed by atoms with van der Waals surface area (Å²) in [4.78, 5) is 15.4. The normalized spacial score (nSPS) is 12.1. The molecule has 0 bridgehead atoms. The maximum atomic E-state index is 13.0. The predicted octanol–water partition coefficient (Wildman–Crippen LogP) is 3.07. The number of aromatic nitrogens is 1. The second-order valence-electron chi connectivity index (χ2n) is 5.34. The average molecular weight is 303 g/mol. The first-order chi connectivity index (χ1) is 10.7. The quantitative estimate of drug-likeness (QED) is 0.735. The van der Waals surface area contributed by atoms with Gasteiger partial charge in [-0.05, 0) is 24.1 Å². The van der Waals surface area contributed by atoms with Crippen LogP contribution in [0.25, 0.3) is 11.1 Å². The molecule has 1 heterocycles. The largest absolute Gasteiger partial charge is 0.366 e. The minimum absolute atomic E-state index is 0.0246. The molecule has 1 unspecified atom stereocenters. The summed E-state index contributed by atoms with van der Waals surface area (Å²) < 4.78 is 13.0. The zero-order valence-electron chi connectivity index (χ0n) is 12.7. The topological polar surface area (TPSA) is 70.9 Å². The van der Waals surface area contributed by atoms with Gasteiger partial charge >= 0.3 is 0 Å². The van der Waals surface area contributed by atoms with Gasteiger partial charge in [-0.2, -0.15) is 0 Å². The van der Waals surface area contributed by atoms with Gasteiger partial charge in [0.05, 0.1) is 5.56 Å². The van der Waals surface area contributed by atoms with E-state index in [0.717, 1.165) is 30.4 Å². The Morgan fingerprint density at radius 3 is 2.68 bits per heavy atom. The highest BCUT2D eigenvalue weighted by atomic mass is 19.1. The molecule has 0 aliphatic heterocycles. The predicted molar refractivity (Wildman–Crippen MR) is 86.0 cm³/mol. The van der Waals surface area contributed by atoms with Crippen LogP contribution in [0.3, 0.4) is 0 Å². The van der Waals surface area contributed by atoms with Crippen LogP contribution >= 0.6 is 0 Å². The molecule has 5 heteroatoms. The molecule has 1 aromatic carbocycles. The Kier molecular flexibility index (Phi) is 5.72. The number of hydrogen-bond acceptors (Lipinski definition) is 2. The fourth-order valence-electron chi connectivity index (χ4n) is 2.38. The lowest BCUT2D eigenvalue weighted by Gasteiger charge is -2.16. The van der Waals surface area contributed by atoms with E-state index in [4.69, 9.17) is 5.73 Å². The monoisotopic (exact) mass is 303 g/mol. The highest BCUT2D eigenvalue weighted by Gasteiger charge is 2.17. The molecule has 0 fully saturated rings. The molecule has 0 spiro atoms. The van der Waals surface area contributed by atoms with Gasteiger partial charge in [-0.25, -0.2) is 4.39 Å². The van der Waals surface area contributed by atoms with Crippen LogP contribution in [0.15, 0.2) is 36.7 Å². The van der Waals surface area contributed by atoms with Crippen LogP contribution < -0.4 is 11.1 Å². The van der Waals surface area contributed by atoms with Gasteiger partial charge in [0.2, 0.25) is 0 Å². The zero-order chi connectivity index (χ0) is 15.9. The number of amides is 1. The molecule has 0 saturated heterocycles. The van der Waals surface area contributed by atoms with Crippen molar-refractivity contribution in [1.82, 2.24) is 10.3 Å². The average Bonchev–Trinajstić information content (AvgIpc) is 3.01. The van der Waals surface area contributed by atoms with Gasteiger partial charge in [-0.1, -0.05) is 31.9 Å². The van der Waals surface area contributed by atoms with Crippen molar-refractivity contribution in [1.29, 1.82) is 0 Å². The van der Waals surface area contributed by atoms with Gasteiger partial charge in [0.15, 0.2) is 0 Å². The van der Waals surface area contributed by atoms with E-state index in [1.807, 2.05) is 0 Å². The number of nitrogens with one attached hydrogen (secondary N) is 2. The van der Waals surface area contributed by atoms with Crippen molar-refractivity contribution in [3.63, 3.8) is 0 Å². The first-order valence-corrected chi connectivity index (χ1v) is 7.59. The molecule has 0 radical (unpaired) electrons. The summed E-state index contributed by atoms with van der Waals surface area (Å²) in [6.07, 6.45) is 6.36. The summed E-state index contributed by atoms with van der Waals surface area (Å²) in [5.41, 5.74) is 7.81. The lowest BCUT2D eigenvalue weighted by molar-refractivity contribution is 0.0936. The summed E-state index contributed by atoms with van der Waals surface area (Å²) in [5, 5.41) is 2.97. The van der Waals surface area contributed by atoms with E-state index in [1.165, 1.54) is 12.1 Å². The van der Waals surface area contributed by atoms with E-state index in [-0.39, 0.29) is 17.8 Å². The first kappa shape index (κ1) is 16.2. The third-order valence-electron chi connectivity index (χ3n) is 3.67. The van der Waals surface area contributed by atoms with Crippen molar-refractivity contribution in [2.75, 3.05) is 6.54 Å². The Labute approximate surface area is 129 Å². The summed E-state index contributed by atoms with van der Waals surface area (Å²) in [6.45, 7) is 2.52. The molecule has 0 aliphatic rings. The number of unbranched alkanes of at least 4 members (excludes halogenated alkanes) is 1. The molecule has 2 aromatic rings. The summed E-state index contributed by atoms with van der Waals surface area (Å²) in [5.74, 6) is -0.458. The summed E-state index contributed by atoms with van der Waals surface area (Å²) in [6, 6.07) is 6.06. The Morgan fingerprint density at radius 2 is 2.05 bits per heavy atom. The third kappa shape index (κ3) is 3.95. The van der Waals surface area contributed by atoms with Crippen LogP contribution in [0, 0.1) is 5.82 Å². The van der Waals surface area contributed by atoms with Crippen molar-refractivity contribution in [3.8, 4) is 11.1 Å². The third-order valence-corrected chi connectivity index (χ3v) is 3.67. The number of nitrogens with two attached hydrogens (primary N) is 1.